The predicted octanol–water partition coefficient (Wildman–Crippen LogP) is 3.58. The van der Waals surface area contributed by atoms with Gasteiger partial charge in [0.25, 0.3) is 0 Å². The van der Waals surface area contributed by atoms with Crippen LogP contribution >= 0.6 is 11.6 Å². The van der Waals surface area contributed by atoms with Crippen molar-refractivity contribution in [2.45, 2.75) is 45.1 Å². The van der Waals surface area contributed by atoms with Crippen LogP contribution in [0.1, 0.15) is 39.5 Å². The summed E-state index contributed by atoms with van der Waals surface area (Å²) in [7, 11) is 0. The largest absolute Gasteiger partial charge is 0.370 e. The van der Waals surface area contributed by atoms with Crippen LogP contribution in [0.3, 0.4) is 0 Å². The maximum atomic E-state index is 11.8. The molecule has 1 unspecified atom stereocenters. The molecular formula is C14H21ClN2O. The maximum absolute atomic E-state index is 11.8. The van der Waals surface area contributed by atoms with E-state index in [0.717, 1.165) is 24.9 Å². The molecule has 0 aromatic heterocycles. The number of anilines is 1. The van der Waals surface area contributed by atoms with Gasteiger partial charge in [0.1, 0.15) is 5.54 Å². The molecule has 18 heavy (non-hydrogen) atoms. The Morgan fingerprint density at radius 1 is 1.39 bits per heavy atom. The van der Waals surface area contributed by atoms with E-state index >= 15 is 0 Å². The number of benzene rings is 1. The first-order valence-electron chi connectivity index (χ1n) is 6.38. The Balaban J connectivity index is 2.97. The van der Waals surface area contributed by atoms with E-state index in [0.29, 0.717) is 11.4 Å². The van der Waals surface area contributed by atoms with Gasteiger partial charge in [-0.05, 0) is 25.0 Å². The molecular weight excluding hydrogens is 248 g/mol. The molecule has 1 aromatic carbocycles. The van der Waals surface area contributed by atoms with Crippen molar-refractivity contribution in [1.82, 2.24) is 0 Å². The lowest BCUT2D eigenvalue weighted by Crippen LogP contribution is -2.50. The molecule has 1 aromatic rings. The molecule has 0 bridgehead atoms. The Morgan fingerprint density at radius 3 is 2.56 bits per heavy atom. The van der Waals surface area contributed by atoms with Gasteiger partial charge in [-0.2, -0.15) is 0 Å². The molecule has 0 saturated heterocycles. The SMILES string of the molecule is CCCCC(CC)(Nc1ccccc1Cl)C(N)=O. The highest BCUT2D eigenvalue weighted by Gasteiger charge is 2.34. The quantitative estimate of drug-likeness (QED) is 0.794. The van der Waals surface area contributed by atoms with Gasteiger partial charge in [-0.1, -0.05) is 50.4 Å². The van der Waals surface area contributed by atoms with E-state index in [1.807, 2.05) is 25.1 Å². The van der Waals surface area contributed by atoms with Crippen molar-refractivity contribution in [3.8, 4) is 0 Å². The summed E-state index contributed by atoms with van der Waals surface area (Å²) in [6, 6.07) is 7.40. The number of halogens is 1. The standard InChI is InChI=1S/C14H21ClN2O/c1-3-5-10-14(4-2,13(16)18)17-12-9-7-6-8-11(12)15/h6-9,17H,3-5,10H2,1-2H3,(H2,16,18). The normalized spacial score (nSPS) is 13.9. The zero-order valence-corrected chi connectivity index (χ0v) is 11.8. The van der Waals surface area contributed by atoms with Gasteiger partial charge in [-0.3, -0.25) is 4.79 Å². The molecule has 3 nitrogen and oxygen atoms in total. The summed E-state index contributed by atoms with van der Waals surface area (Å²) in [4.78, 5) is 11.8. The molecule has 0 spiro atoms. The van der Waals surface area contributed by atoms with Crippen molar-refractivity contribution >= 4 is 23.2 Å². The van der Waals surface area contributed by atoms with Crippen LogP contribution in [0.4, 0.5) is 5.69 Å². The van der Waals surface area contributed by atoms with Crippen molar-refractivity contribution in [2.24, 2.45) is 5.73 Å². The number of nitrogens with one attached hydrogen (secondary N) is 1. The number of primary amides is 1. The first-order chi connectivity index (χ1) is 8.55. The van der Waals surface area contributed by atoms with Crippen LogP contribution in [-0.2, 0) is 4.79 Å². The Hall–Kier alpha value is -1.22. The van der Waals surface area contributed by atoms with Crippen LogP contribution in [0.15, 0.2) is 24.3 Å². The van der Waals surface area contributed by atoms with Crippen LogP contribution in [-0.4, -0.2) is 11.4 Å². The molecule has 0 aliphatic rings. The Bertz CT molecular complexity index is 409. The fraction of sp³-hybridized carbons (Fsp3) is 0.500. The van der Waals surface area contributed by atoms with E-state index in [1.54, 1.807) is 6.07 Å². The summed E-state index contributed by atoms with van der Waals surface area (Å²) >= 11 is 6.11. The Kier molecular flexibility index (Phi) is 5.48. The van der Waals surface area contributed by atoms with Gasteiger partial charge >= 0.3 is 0 Å². The van der Waals surface area contributed by atoms with E-state index < -0.39 is 5.54 Å². The minimum absolute atomic E-state index is 0.321. The van der Waals surface area contributed by atoms with Gasteiger partial charge in [0, 0.05) is 0 Å². The van der Waals surface area contributed by atoms with Crippen LogP contribution in [0.25, 0.3) is 0 Å². The Labute approximate surface area is 114 Å². The topological polar surface area (TPSA) is 55.1 Å². The zero-order chi connectivity index (χ0) is 13.6. The van der Waals surface area contributed by atoms with E-state index in [9.17, 15) is 4.79 Å². The number of hydrogen-bond donors (Lipinski definition) is 2. The zero-order valence-electron chi connectivity index (χ0n) is 11.0. The highest BCUT2D eigenvalue weighted by Crippen LogP contribution is 2.29. The summed E-state index contributed by atoms with van der Waals surface area (Å²) in [6.45, 7) is 4.06. The number of carbonyl (C=O) groups excluding carboxylic acids is 1. The smallest absolute Gasteiger partial charge is 0.243 e. The predicted molar refractivity (Wildman–Crippen MR) is 76.8 cm³/mol. The van der Waals surface area contributed by atoms with Gasteiger partial charge < -0.3 is 11.1 Å². The van der Waals surface area contributed by atoms with Crippen LogP contribution in [0.2, 0.25) is 5.02 Å². The maximum Gasteiger partial charge on any atom is 0.243 e. The number of para-hydroxylation sites is 1. The van der Waals surface area contributed by atoms with Crippen LogP contribution < -0.4 is 11.1 Å². The molecule has 0 saturated carbocycles. The lowest BCUT2D eigenvalue weighted by atomic mass is 9.88. The van der Waals surface area contributed by atoms with Gasteiger partial charge in [0.05, 0.1) is 10.7 Å². The van der Waals surface area contributed by atoms with Gasteiger partial charge in [0.2, 0.25) is 5.91 Å². The van der Waals surface area contributed by atoms with E-state index in [2.05, 4.69) is 12.2 Å². The van der Waals surface area contributed by atoms with Crippen molar-refractivity contribution in [1.29, 1.82) is 0 Å². The monoisotopic (exact) mass is 268 g/mol. The fourth-order valence-electron chi connectivity index (χ4n) is 1.99. The van der Waals surface area contributed by atoms with Crippen molar-refractivity contribution in [2.75, 3.05) is 5.32 Å². The Morgan fingerprint density at radius 2 is 2.06 bits per heavy atom. The molecule has 0 radical (unpaired) electrons. The lowest BCUT2D eigenvalue weighted by molar-refractivity contribution is -0.122. The first kappa shape index (κ1) is 14.8. The summed E-state index contributed by atoms with van der Waals surface area (Å²) in [5, 5.41) is 3.84. The van der Waals surface area contributed by atoms with Gasteiger partial charge in [-0.15, -0.1) is 0 Å². The molecule has 0 heterocycles. The van der Waals surface area contributed by atoms with Gasteiger partial charge in [0.15, 0.2) is 0 Å². The van der Waals surface area contributed by atoms with Crippen LogP contribution in [0, 0.1) is 0 Å². The molecule has 1 amide bonds. The highest BCUT2D eigenvalue weighted by molar-refractivity contribution is 6.33. The minimum Gasteiger partial charge on any atom is -0.370 e. The third kappa shape index (κ3) is 3.39. The fourth-order valence-corrected chi connectivity index (χ4v) is 2.17. The number of rotatable bonds is 7. The van der Waals surface area contributed by atoms with E-state index in [4.69, 9.17) is 17.3 Å². The first-order valence-corrected chi connectivity index (χ1v) is 6.76. The summed E-state index contributed by atoms with van der Waals surface area (Å²) in [5.74, 6) is -0.321. The van der Waals surface area contributed by atoms with Crippen molar-refractivity contribution in [3.63, 3.8) is 0 Å². The number of amides is 1. The summed E-state index contributed by atoms with van der Waals surface area (Å²) in [6.07, 6.45) is 3.35. The molecule has 3 N–H and O–H groups in total. The second-order valence-electron chi connectivity index (χ2n) is 4.51. The van der Waals surface area contributed by atoms with Crippen molar-refractivity contribution in [3.05, 3.63) is 29.3 Å². The third-order valence-corrected chi connectivity index (χ3v) is 3.61. The second kappa shape index (κ2) is 6.64. The number of carbonyl (C=O) groups is 1. The van der Waals surface area contributed by atoms with Gasteiger partial charge in [-0.25, -0.2) is 0 Å². The van der Waals surface area contributed by atoms with E-state index in [-0.39, 0.29) is 5.91 Å². The van der Waals surface area contributed by atoms with E-state index in [1.165, 1.54) is 0 Å². The number of hydrogen-bond acceptors (Lipinski definition) is 2. The van der Waals surface area contributed by atoms with Crippen molar-refractivity contribution < 1.29 is 4.79 Å². The molecule has 0 aliphatic carbocycles. The molecule has 100 valence electrons. The summed E-state index contributed by atoms with van der Waals surface area (Å²) in [5.41, 5.74) is 5.63. The molecule has 0 fully saturated rings. The summed E-state index contributed by atoms with van der Waals surface area (Å²) < 4.78 is 0. The lowest BCUT2D eigenvalue weighted by Gasteiger charge is -2.32. The molecule has 1 atom stereocenters. The molecule has 0 aliphatic heterocycles. The second-order valence-corrected chi connectivity index (χ2v) is 4.92. The van der Waals surface area contributed by atoms with Crippen LogP contribution in [0.5, 0.6) is 0 Å². The third-order valence-electron chi connectivity index (χ3n) is 3.28. The number of nitrogens with two attached hydrogens (primary N) is 1. The molecule has 1 rings (SSSR count). The average molecular weight is 269 g/mol. The minimum atomic E-state index is -0.707. The molecule has 4 heteroatoms. The number of unbranched alkanes of at least 4 members (excludes halogenated alkanes) is 1. The average Bonchev–Trinajstić information content (AvgIpc) is 2.36. The highest BCUT2D eigenvalue weighted by atomic mass is 35.5.